The van der Waals surface area contributed by atoms with Gasteiger partial charge in [0.2, 0.25) is 30.0 Å². The van der Waals surface area contributed by atoms with Crippen molar-refractivity contribution in [2.24, 2.45) is 11.8 Å². The molecule has 2 amide bonds. The van der Waals surface area contributed by atoms with Gasteiger partial charge in [-0.15, -0.1) is 0 Å². The monoisotopic (exact) mass is 672 g/mol. The first-order valence-corrected chi connectivity index (χ1v) is 16.3. The zero-order valence-electron chi connectivity index (χ0n) is 28.1. The molecular weight excluding hydrogens is 632 g/mol. The smallest absolute Gasteiger partial charge is 0.355 e. The highest BCUT2D eigenvalue weighted by atomic mass is 16.7. The first kappa shape index (κ1) is 33.6. The highest BCUT2D eigenvalue weighted by molar-refractivity contribution is 6.15. The number of nitrogens with one attached hydrogen (secondary N) is 1. The molecule has 0 spiro atoms. The van der Waals surface area contributed by atoms with Crippen LogP contribution in [0.25, 0.3) is 0 Å². The number of nitrogens with zero attached hydrogens (tertiary/aromatic N) is 1. The third-order valence-electron chi connectivity index (χ3n) is 9.25. The minimum atomic E-state index is -2.10. The SMILES string of the molecule is COC(=O)C1(c2ccc(OC)cc2)Oc2cc3c(c(OC)c2C(=O)C(C(=O)N2CCCC2NC(=O)CC(C)C)C1c1ccccc1)OCO3. The predicted molar refractivity (Wildman–Crippen MR) is 176 cm³/mol. The van der Waals surface area contributed by atoms with Crippen LogP contribution in [0.3, 0.4) is 0 Å². The summed E-state index contributed by atoms with van der Waals surface area (Å²) < 4.78 is 34.9. The third kappa shape index (κ3) is 5.89. The molecule has 3 aliphatic heterocycles. The summed E-state index contributed by atoms with van der Waals surface area (Å²) in [6.45, 7) is 4.03. The van der Waals surface area contributed by atoms with E-state index < -0.39 is 41.3 Å². The third-order valence-corrected chi connectivity index (χ3v) is 9.25. The average molecular weight is 673 g/mol. The molecule has 12 heteroatoms. The minimum Gasteiger partial charge on any atom is -0.497 e. The van der Waals surface area contributed by atoms with Crippen molar-refractivity contribution in [3.8, 4) is 28.7 Å². The van der Waals surface area contributed by atoms with Gasteiger partial charge in [0, 0.05) is 24.6 Å². The Morgan fingerprint density at radius 3 is 2.37 bits per heavy atom. The molecule has 0 bridgehead atoms. The van der Waals surface area contributed by atoms with E-state index in [-0.39, 0.29) is 60.1 Å². The summed E-state index contributed by atoms with van der Waals surface area (Å²) in [6, 6.07) is 16.9. The Kier molecular flexibility index (Phi) is 9.40. The van der Waals surface area contributed by atoms with Gasteiger partial charge in [-0.25, -0.2) is 4.79 Å². The number of amides is 2. The number of ketones is 1. The Balaban J connectivity index is 1.63. The van der Waals surface area contributed by atoms with E-state index in [9.17, 15) is 9.59 Å². The highest BCUT2D eigenvalue weighted by Gasteiger charge is 2.62. The second-order valence-electron chi connectivity index (χ2n) is 12.7. The van der Waals surface area contributed by atoms with E-state index in [4.69, 9.17) is 28.4 Å². The first-order chi connectivity index (χ1) is 23.6. The normalized spacial score (nSPS) is 22.5. The van der Waals surface area contributed by atoms with Crippen molar-refractivity contribution in [1.29, 1.82) is 0 Å². The van der Waals surface area contributed by atoms with E-state index >= 15 is 9.59 Å². The van der Waals surface area contributed by atoms with Crippen LogP contribution in [0, 0.1) is 11.8 Å². The molecule has 1 saturated heterocycles. The number of rotatable bonds is 9. The number of hydrogen-bond donors (Lipinski definition) is 1. The molecule has 0 aliphatic carbocycles. The van der Waals surface area contributed by atoms with E-state index in [0.717, 1.165) is 0 Å². The zero-order chi connectivity index (χ0) is 34.9. The molecule has 258 valence electrons. The molecule has 12 nitrogen and oxygen atoms in total. The van der Waals surface area contributed by atoms with E-state index in [1.807, 2.05) is 13.8 Å². The number of carbonyl (C=O) groups excluding carboxylic acids is 4. The van der Waals surface area contributed by atoms with E-state index in [1.165, 1.54) is 32.3 Å². The quantitative estimate of drug-likeness (QED) is 0.254. The first-order valence-electron chi connectivity index (χ1n) is 16.3. The highest BCUT2D eigenvalue weighted by Crippen LogP contribution is 2.56. The Morgan fingerprint density at radius 2 is 1.71 bits per heavy atom. The summed E-state index contributed by atoms with van der Waals surface area (Å²) in [5.41, 5.74) is -1.39. The number of hydrogen-bond acceptors (Lipinski definition) is 10. The molecule has 49 heavy (non-hydrogen) atoms. The number of Topliss-reactive ketones (excluding diaryl/α,β-unsaturated/α-hetero) is 1. The number of esters is 1. The van der Waals surface area contributed by atoms with E-state index in [2.05, 4.69) is 5.32 Å². The van der Waals surface area contributed by atoms with Crippen LogP contribution < -0.4 is 29.0 Å². The van der Waals surface area contributed by atoms with Crippen molar-refractivity contribution in [3.63, 3.8) is 0 Å². The van der Waals surface area contributed by atoms with Crippen molar-refractivity contribution in [3.05, 3.63) is 77.4 Å². The van der Waals surface area contributed by atoms with Crippen LogP contribution in [-0.2, 0) is 24.7 Å². The van der Waals surface area contributed by atoms with Gasteiger partial charge in [0.05, 0.1) is 27.2 Å². The Morgan fingerprint density at radius 1 is 0.980 bits per heavy atom. The van der Waals surface area contributed by atoms with Crippen LogP contribution >= 0.6 is 0 Å². The Labute approximate surface area is 284 Å². The van der Waals surface area contributed by atoms with Gasteiger partial charge in [-0.1, -0.05) is 56.3 Å². The number of carbonyl (C=O) groups is 4. The molecule has 0 radical (unpaired) electrons. The molecule has 4 atom stereocenters. The standard InChI is InChI=1S/C37H40N2O10/c1-21(2)18-28(40)38-27-12-9-17-39(27)35(42)30-31(22-10-7-6-8-11-22)37(36(43)46-5,23-13-15-24(44-3)16-14-23)49-25-19-26-33(48-20-47-26)34(45-4)29(25)32(30)41/h6-8,10-11,13-16,19,21,27,30-31H,9,12,17-18,20H2,1-5H3,(H,38,40). The van der Waals surface area contributed by atoms with Crippen LogP contribution in [0.1, 0.15) is 60.5 Å². The van der Waals surface area contributed by atoms with Crippen molar-refractivity contribution in [2.75, 3.05) is 34.7 Å². The number of methoxy groups -OCH3 is 3. The molecule has 0 saturated carbocycles. The number of fused-ring (bicyclic) bond motifs is 2. The Hall–Kier alpha value is -5.26. The van der Waals surface area contributed by atoms with Crippen LogP contribution in [0.15, 0.2) is 60.7 Å². The summed E-state index contributed by atoms with van der Waals surface area (Å²) >= 11 is 0. The van der Waals surface area contributed by atoms with Gasteiger partial charge in [-0.2, -0.15) is 0 Å². The predicted octanol–water partition coefficient (Wildman–Crippen LogP) is 4.59. The molecule has 0 aromatic heterocycles. The summed E-state index contributed by atoms with van der Waals surface area (Å²) in [6.07, 6.45) is 0.730. The number of benzene rings is 3. The van der Waals surface area contributed by atoms with Crippen LogP contribution in [0.4, 0.5) is 0 Å². The van der Waals surface area contributed by atoms with E-state index in [1.54, 1.807) is 54.6 Å². The fraction of sp³-hybridized carbons (Fsp3) is 0.405. The minimum absolute atomic E-state index is 0.0122. The van der Waals surface area contributed by atoms with Crippen molar-refractivity contribution in [1.82, 2.24) is 10.2 Å². The van der Waals surface area contributed by atoms with Gasteiger partial charge in [-0.05, 0) is 36.5 Å². The Bertz CT molecular complexity index is 1740. The zero-order valence-corrected chi connectivity index (χ0v) is 28.1. The number of ether oxygens (including phenoxy) is 6. The van der Waals surface area contributed by atoms with Gasteiger partial charge in [0.15, 0.2) is 17.3 Å². The maximum absolute atomic E-state index is 15.2. The van der Waals surface area contributed by atoms with Gasteiger partial charge < -0.3 is 38.6 Å². The van der Waals surface area contributed by atoms with E-state index in [0.29, 0.717) is 29.7 Å². The lowest BCUT2D eigenvalue weighted by atomic mass is 9.68. The largest absolute Gasteiger partial charge is 0.497 e. The molecule has 1 N–H and O–H groups in total. The fourth-order valence-electron chi connectivity index (χ4n) is 7.11. The van der Waals surface area contributed by atoms with Crippen molar-refractivity contribution in [2.45, 2.75) is 50.8 Å². The van der Waals surface area contributed by atoms with Gasteiger partial charge in [0.1, 0.15) is 29.1 Å². The second-order valence-corrected chi connectivity index (χ2v) is 12.7. The summed E-state index contributed by atoms with van der Waals surface area (Å²) in [5, 5.41) is 3.00. The summed E-state index contributed by atoms with van der Waals surface area (Å²) in [4.78, 5) is 59.4. The number of likely N-dealkylation sites (tertiary alicyclic amines) is 1. The molecule has 3 aromatic rings. The molecule has 3 aliphatic rings. The van der Waals surface area contributed by atoms with Crippen LogP contribution in [-0.4, -0.2) is 69.3 Å². The maximum Gasteiger partial charge on any atom is 0.355 e. The van der Waals surface area contributed by atoms with Gasteiger partial charge >= 0.3 is 5.97 Å². The topological polar surface area (TPSA) is 139 Å². The van der Waals surface area contributed by atoms with Crippen LogP contribution in [0.2, 0.25) is 0 Å². The molecule has 3 heterocycles. The summed E-state index contributed by atoms with van der Waals surface area (Å²) in [5.74, 6) is -4.09. The van der Waals surface area contributed by atoms with Gasteiger partial charge in [-0.3, -0.25) is 14.4 Å². The molecule has 6 rings (SSSR count). The lowest BCUT2D eigenvalue weighted by molar-refractivity contribution is -0.165. The van der Waals surface area contributed by atoms with Crippen molar-refractivity contribution >= 4 is 23.6 Å². The maximum atomic E-state index is 15.2. The summed E-state index contributed by atoms with van der Waals surface area (Å²) in [7, 11) is 4.12. The molecule has 3 aromatic carbocycles. The van der Waals surface area contributed by atoms with Gasteiger partial charge in [0.25, 0.3) is 0 Å². The fourth-order valence-corrected chi connectivity index (χ4v) is 7.11. The van der Waals surface area contributed by atoms with Crippen LogP contribution in [0.5, 0.6) is 28.7 Å². The molecule has 1 fully saturated rings. The molecule has 4 unspecified atom stereocenters. The van der Waals surface area contributed by atoms with Crippen molar-refractivity contribution < 1.29 is 47.6 Å². The lowest BCUT2D eigenvalue weighted by Gasteiger charge is -2.41. The lowest BCUT2D eigenvalue weighted by Crippen LogP contribution is -2.55. The molecular formula is C37H40N2O10. The average Bonchev–Trinajstić information content (AvgIpc) is 3.75. The second kappa shape index (κ2) is 13.7.